The predicted octanol–water partition coefficient (Wildman–Crippen LogP) is 2.87. The summed E-state index contributed by atoms with van der Waals surface area (Å²) in [6, 6.07) is 7.37. The highest BCUT2D eigenvalue weighted by molar-refractivity contribution is 6.32. The van der Waals surface area contributed by atoms with E-state index in [-0.39, 0.29) is 12.0 Å². The molecule has 1 aliphatic rings. The smallest absolute Gasteiger partial charge is 0.276 e. The Balaban J connectivity index is 1.83. The number of carbonyl (C=O) groups is 1. The molecule has 0 saturated carbocycles. The van der Waals surface area contributed by atoms with Gasteiger partial charge < -0.3 is 9.64 Å². The standard InChI is InChI=1S/C17H21ClN4O2/c1-3-24-13-7-6-10-21(11-13)17(23)16-12(2)22(20-19-16)15-9-5-4-8-14(15)18/h4-5,8-9,13H,3,6-7,10-11H2,1-2H3/t13-/m0/s1. The minimum absolute atomic E-state index is 0.102. The number of piperidine rings is 1. The van der Waals surface area contributed by atoms with Crippen molar-refractivity contribution >= 4 is 17.5 Å². The van der Waals surface area contributed by atoms with Gasteiger partial charge in [-0.1, -0.05) is 28.9 Å². The van der Waals surface area contributed by atoms with E-state index in [4.69, 9.17) is 16.3 Å². The first-order valence-electron chi connectivity index (χ1n) is 8.20. The Morgan fingerprint density at radius 1 is 1.42 bits per heavy atom. The Morgan fingerprint density at radius 3 is 2.96 bits per heavy atom. The molecule has 1 fully saturated rings. The van der Waals surface area contributed by atoms with Crippen molar-refractivity contribution in [1.29, 1.82) is 0 Å². The number of nitrogens with zero attached hydrogens (tertiary/aromatic N) is 4. The predicted molar refractivity (Wildman–Crippen MR) is 91.7 cm³/mol. The number of para-hydroxylation sites is 1. The molecule has 6 nitrogen and oxygen atoms in total. The Labute approximate surface area is 146 Å². The van der Waals surface area contributed by atoms with Crippen LogP contribution in [-0.4, -0.2) is 51.6 Å². The minimum atomic E-state index is -0.102. The van der Waals surface area contributed by atoms with Crippen LogP contribution in [0.15, 0.2) is 24.3 Å². The van der Waals surface area contributed by atoms with Crippen molar-refractivity contribution in [2.75, 3.05) is 19.7 Å². The van der Waals surface area contributed by atoms with Gasteiger partial charge in [0.25, 0.3) is 5.91 Å². The summed E-state index contributed by atoms with van der Waals surface area (Å²) in [4.78, 5) is 14.6. The van der Waals surface area contributed by atoms with Gasteiger partial charge in [0, 0.05) is 19.7 Å². The lowest BCUT2D eigenvalue weighted by atomic mass is 10.1. The number of carbonyl (C=O) groups excluding carboxylic acids is 1. The number of amides is 1. The Bertz CT molecular complexity index is 729. The summed E-state index contributed by atoms with van der Waals surface area (Å²) >= 11 is 6.22. The maximum atomic E-state index is 12.8. The van der Waals surface area contributed by atoms with Gasteiger partial charge in [-0.05, 0) is 38.8 Å². The lowest BCUT2D eigenvalue weighted by Crippen LogP contribution is -2.43. The molecule has 1 aromatic carbocycles. The second-order valence-electron chi connectivity index (χ2n) is 5.86. The van der Waals surface area contributed by atoms with Crippen LogP contribution in [-0.2, 0) is 4.74 Å². The number of aromatic nitrogens is 3. The first-order valence-corrected chi connectivity index (χ1v) is 8.57. The van der Waals surface area contributed by atoms with E-state index in [1.54, 1.807) is 15.6 Å². The van der Waals surface area contributed by atoms with Crippen LogP contribution >= 0.6 is 11.6 Å². The average molecular weight is 349 g/mol. The van der Waals surface area contributed by atoms with E-state index in [9.17, 15) is 4.79 Å². The molecule has 1 aliphatic heterocycles. The molecule has 0 N–H and O–H groups in total. The number of hydrogen-bond donors (Lipinski definition) is 0. The van der Waals surface area contributed by atoms with Gasteiger partial charge in [-0.25, -0.2) is 4.68 Å². The highest BCUT2D eigenvalue weighted by Gasteiger charge is 2.28. The largest absolute Gasteiger partial charge is 0.377 e. The van der Waals surface area contributed by atoms with E-state index in [0.717, 1.165) is 19.4 Å². The summed E-state index contributed by atoms with van der Waals surface area (Å²) in [6.07, 6.45) is 2.03. The normalized spacial score (nSPS) is 18.0. The molecule has 1 aromatic heterocycles. The van der Waals surface area contributed by atoms with Crippen molar-refractivity contribution in [3.8, 4) is 5.69 Å². The van der Waals surface area contributed by atoms with Gasteiger partial charge in [0.15, 0.2) is 5.69 Å². The van der Waals surface area contributed by atoms with Crippen LogP contribution in [0.5, 0.6) is 0 Å². The van der Waals surface area contributed by atoms with Crippen LogP contribution < -0.4 is 0 Å². The fraction of sp³-hybridized carbons (Fsp3) is 0.471. The molecule has 1 amide bonds. The second-order valence-corrected chi connectivity index (χ2v) is 6.26. The Hall–Kier alpha value is -1.92. The molecule has 2 heterocycles. The van der Waals surface area contributed by atoms with Crippen LogP contribution in [0, 0.1) is 6.92 Å². The summed E-state index contributed by atoms with van der Waals surface area (Å²) in [5, 5.41) is 8.79. The van der Waals surface area contributed by atoms with E-state index in [1.165, 1.54) is 0 Å². The number of ether oxygens (including phenoxy) is 1. The van der Waals surface area contributed by atoms with Crippen LogP contribution in [0.1, 0.15) is 35.9 Å². The summed E-state index contributed by atoms with van der Waals surface area (Å²) < 4.78 is 7.28. The average Bonchev–Trinajstić information content (AvgIpc) is 2.97. The van der Waals surface area contributed by atoms with Crippen molar-refractivity contribution in [1.82, 2.24) is 19.9 Å². The second kappa shape index (κ2) is 7.32. The van der Waals surface area contributed by atoms with Gasteiger partial charge in [0.2, 0.25) is 0 Å². The van der Waals surface area contributed by atoms with E-state index < -0.39 is 0 Å². The third-order valence-corrected chi connectivity index (χ3v) is 4.57. The third-order valence-electron chi connectivity index (χ3n) is 4.25. The number of halogens is 1. The van der Waals surface area contributed by atoms with E-state index >= 15 is 0 Å². The molecule has 0 spiro atoms. The SMILES string of the molecule is CCO[C@H]1CCCN(C(=O)c2nnn(-c3ccccc3Cl)c2C)C1. The number of hydrogen-bond acceptors (Lipinski definition) is 4. The van der Waals surface area contributed by atoms with Crippen molar-refractivity contribution in [2.24, 2.45) is 0 Å². The zero-order chi connectivity index (χ0) is 17.1. The third kappa shape index (κ3) is 3.30. The molecule has 0 unspecified atom stereocenters. The Kier molecular flexibility index (Phi) is 5.16. The monoisotopic (exact) mass is 348 g/mol. The van der Waals surface area contributed by atoms with Gasteiger partial charge in [-0.3, -0.25) is 4.79 Å². The lowest BCUT2D eigenvalue weighted by Gasteiger charge is -2.32. The van der Waals surface area contributed by atoms with Crippen molar-refractivity contribution in [3.63, 3.8) is 0 Å². The quantitative estimate of drug-likeness (QED) is 0.852. The number of likely N-dealkylation sites (tertiary alicyclic amines) is 1. The first-order chi connectivity index (χ1) is 11.6. The molecule has 0 bridgehead atoms. The molecule has 0 aliphatic carbocycles. The minimum Gasteiger partial charge on any atom is -0.377 e. The topological polar surface area (TPSA) is 60.2 Å². The number of rotatable bonds is 4. The molecule has 0 radical (unpaired) electrons. The number of benzene rings is 1. The molecule has 1 saturated heterocycles. The lowest BCUT2D eigenvalue weighted by molar-refractivity contribution is 0.00700. The zero-order valence-corrected chi connectivity index (χ0v) is 14.7. The first kappa shape index (κ1) is 16.9. The summed E-state index contributed by atoms with van der Waals surface area (Å²) in [6.45, 7) is 5.79. The van der Waals surface area contributed by atoms with E-state index in [0.29, 0.717) is 35.2 Å². The molecule has 7 heteroatoms. The maximum Gasteiger partial charge on any atom is 0.276 e. The fourth-order valence-electron chi connectivity index (χ4n) is 3.02. The highest BCUT2D eigenvalue weighted by Crippen LogP contribution is 2.22. The Morgan fingerprint density at radius 2 is 2.21 bits per heavy atom. The van der Waals surface area contributed by atoms with Gasteiger partial charge in [0.1, 0.15) is 0 Å². The van der Waals surface area contributed by atoms with Crippen LogP contribution in [0.2, 0.25) is 5.02 Å². The van der Waals surface area contributed by atoms with Crippen LogP contribution in [0.4, 0.5) is 0 Å². The molecule has 2 aromatic rings. The van der Waals surface area contributed by atoms with Crippen molar-refractivity contribution < 1.29 is 9.53 Å². The highest BCUT2D eigenvalue weighted by atomic mass is 35.5. The van der Waals surface area contributed by atoms with Crippen LogP contribution in [0.3, 0.4) is 0 Å². The molecule has 128 valence electrons. The molecular formula is C17H21ClN4O2. The maximum absolute atomic E-state index is 12.8. The molecule has 24 heavy (non-hydrogen) atoms. The molecule has 3 rings (SSSR count). The van der Waals surface area contributed by atoms with Crippen molar-refractivity contribution in [3.05, 3.63) is 40.7 Å². The molecule has 1 atom stereocenters. The van der Waals surface area contributed by atoms with E-state index in [1.807, 2.05) is 32.0 Å². The summed E-state index contributed by atoms with van der Waals surface area (Å²) in [5.41, 5.74) is 1.77. The van der Waals surface area contributed by atoms with Gasteiger partial charge >= 0.3 is 0 Å². The van der Waals surface area contributed by atoms with Gasteiger partial charge in [-0.15, -0.1) is 5.10 Å². The van der Waals surface area contributed by atoms with Gasteiger partial charge in [0.05, 0.1) is 22.5 Å². The zero-order valence-electron chi connectivity index (χ0n) is 13.9. The summed E-state index contributed by atoms with van der Waals surface area (Å²) in [5.74, 6) is -0.102. The fourth-order valence-corrected chi connectivity index (χ4v) is 3.24. The van der Waals surface area contributed by atoms with E-state index in [2.05, 4.69) is 10.3 Å². The van der Waals surface area contributed by atoms with Gasteiger partial charge in [-0.2, -0.15) is 0 Å². The molecular weight excluding hydrogens is 328 g/mol. The van der Waals surface area contributed by atoms with Crippen LogP contribution in [0.25, 0.3) is 5.69 Å². The van der Waals surface area contributed by atoms with Crippen molar-refractivity contribution in [2.45, 2.75) is 32.8 Å². The summed E-state index contributed by atoms with van der Waals surface area (Å²) in [7, 11) is 0.